The Hall–Kier alpha value is -6.19. The molecule has 0 atom stereocenters. The second-order valence-corrected chi connectivity index (χ2v) is 14.2. The first-order valence-electron chi connectivity index (χ1n) is 17.7. The van der Waals surface area contributed by atoms with Crippen LogP contribution in [-0.2, 0) is 5.41 Å². The topological polar surface area (TPSA) is 20.5 Å². The Morgan fingerprint density at radius 2 is 1.37 bits per heavy atom. The van der Waals surface area contributed by atoms with Gasteiger partial charge in [0.1, 0.15) is 0 Å². The lowest BCUT2D eigenvalue weighted by atomic mass is 9.82. The van der Waals surface area contributed by atoms with Crippen molar-refractivity contribution in [2.24, 2.45) is 4.99 Å². The van der Waals surface area contributed by atoms with Gasteiger partial charge < -0.3 is 9.47 Å². The fraction of sp³-hybridized carbons (Fsp3) is 0.104. The highest BCUT2D eigenvalue weighted by atomic mass is 15.1. The molecule has 3 heteroatoms. The number of hydrogen-bond donors (Lipinski definition) is 0. The number of fused-ring (bicyclic) bond motifs is 7. The number of anilines is 2. The number of aliphatic imine (C=N–C) groups is 1. The van der Waals surface area contributed by atoms with Gasteiger partial charge in [-0.15, -0.1) is 0 Å². The van der Waals surface area contributed by atoms with E-state index in [4.69, 9.17) is 0 Å². The van der Waals surface area contributed by atoms with E-state index in [1.165, 1.54) is 55.1 Å². The molecule has 51 heavy (non-hydrogen) atoms. The smallest absolute Gasteiger partial charge is 0.0859 e. The quantitative estimate of drug-likeness (QED) is 0.173. The standard InChI is InChI=1S/C48H39N3/c1-32-24-27-46-40(30-35-14-5-10-21-44(35)50(31-32)47-23-12-9-20-43(47)49-4)38-18-7-11-22-45(38)51(46)36-16-13-15-33(28-36)34-25-26-42-39(29-34)37-17-6-8-19-41(37)48(42,2)3/h5-30H,4,31H2,1-3H3/b32-24+,40-30+,46-27+. The van der Waals surface area contributed by atoms with Crippen LogP contribution in [0.4, 0.5) is 17.1 Å². The summed E-state index contributed by atoms with van der Waals surface area (Å²) in [6.07, 6.45) is 6.93. The number of hydrogen-bond acceptors (Lipinski definition) is 2. The normalized spacial score (nSPS) is 16.7. The summed E-state index contributed by atoms with van der Waals surface area (Å²) in [4.78, 5) is 6.74. The molecule has 0 spiro atoms. The molecule has 7 aromatic rings. The van der Waals surface area contributed by atoms with Crippen molar-refractivity contribution in [3.8, 4) is 27.9 Å². The van der Waals surface area contributed by atoms with E-state index in [-0.39, 0.29) is 5.41 Å². The van der Waals surface area contributed by atoms with Crippen LogP contribution >= 0.6 is 0 Å². The zero-order valence-electron chi connectivity index (χ0n) is 29.3. The van der Waals surface area contributed by atoms with E-state index in [2.05, 4.69) is 188 Å². The molecule has 0 fully saturated rings. The fourth-order valence-electron chi connectivity index (χ4n) is 8.26. The highest BCUT2D eigenvalue weighted by molar-refractivity contribution is 5.89. The Kier molecular flexibility index (Phi) is 7.25. The van der Waals surface area contributed by atoms with Crippen LogP contribution in [0.25, 0.3) is 51.0 Å². The Morgan fingerprint density at radius 1 is 0.647 bits per heavy atom. The van der Waals surface area contributed by atoms with Gasteiger partial charge in [0.15, 0.2) is 0 Å². The van der Waals surface area contributed by atoms with Gasteiger partial charge in [0.2, 0.25) is 0 Å². The summed E-state index contributed by atoms with van der Waals surface area (Å²) in [5.74, 6) is 0. The molecule has 2 heterocycles. The summed E-state index contributed by atoms with van der Waals surface area (Å²) in [6, 6.07) is 50.6. The van der Waals surface area contributed by atoms with Gasteiger partial charge in [-0.1, -0.05) is 123 Å². The zero-order chi connectivity index (χ0) is 34.7. The van der Waals surface area contributed by atoms with Gasteiger partial charge in [0.25, 0.3) is 0 Å². The third kappa shape index (κ3) is 5.00. The lowest BCUT2D eigenvalue weighted by Crippen LogP contribution is -2.29. The highest BCUT2D eigenvalue weighted by Gasteiger charge is 2.35. The van der Waals surface area contributed by atoms with Crippen molar-refractivity contribution in [2.75, 3.05) is 11.4 Å². The summed E-state index contributed by atoms with van der Waals surface area (Å²) in [5.41, 5.74) is 15.6. The third-order valence-corrected chi connectivity index (χ3v) is 10.8. The molecule has 1 aliphatic heterocycles. The highest BCUT2D eigenvalue weighted by Crippen LogP contribution is 2.49. The van der Waals surface area contributed by atoms with Crippen LogP contribution in [-0.4, -0.2) is 17.8 Å². The van der Waals surface area contributed by atoms with Gasteiger partial charge >= 0.3 is 0 Å². The summed E-state index contributed by atoms with van der Waals surface area (Å²) in [5, 5.41) is 3.57. The first-order chi connectivity index (χ1) is 24.9. The summed E-state index contributed by atoms with van der Waals surface area (Å²) in [6.45, 7) is 11.5. The molecule has 0 unspecified atom stereocenters. The first-order valence-corrected chi connectivity index (χ1v) is 17.7. The molecule has 0 radical (unpaired) electrons. The molecule has 0 saturated heterocycles. The second kappa shape index (κ2) is 12.0. The molecule has 246 valence electrons. The summed E-state index contributed by atoms with van der Waals surface area (Å²) >= 11 is 0. The van der Waals surface area contributed by atoms with Gasteiger partial charge in [-0.25, -0.2) is 0 Å². The second-order valence-electron chi connectivity index (χ2n) is 14.2. The van der Waals surface area contributed by atoms with Gasteiger partial charge in [0, 0.05) is 33.9 Å². The largest absolute Gasteiger partial charge is 0.335 e. The number of para-hydroxylation sites is 4. The predicted molar refractivity (Wildman–Crippen MR) is 216 cm³/mol. The first kappa shape index (κ1) is 30.8. The summed E-state index contributed by atoms with van der Waals surface area (Å²) in [7, 11) is 0. The third-order valence-electron chi connectivity index (χ3n) is 10.8. The van der Waals surface area contributed by atoms with Crippen LogP contribution in [0.5, 0.6) is 0 Å². The Balaban J connectivity index is 1.25. The Labute approximate surface area is 299 Å². The summed E-state index contributed by atoms with van der Waals surface area (Å²) < 4.78 is 2.43. The van der Waals surface area contributed by atoms with Gasteiger partial charge in [-0.05, 0) is 107 Å². The predicted octanol–water partition coefficient (Wildman–Crippen LogP) is 10.6. The van der Waals surface area contributed by atoms with Crippen molar-refractivity contribution in [3.05, 3.63) is 178 Å². The molecule has 9 rings (SSSR count). The monoisotopic (exact) mass is 657 g/mol. The van der Waals surface area contributed by atoms with E-state index in [0.29, 0.717) is 0 Å². The molecular formula is C48H39N3. The van der Waals surface area contributed by atoms with E-state index in [1.807, 2.05) is 12.1 Å². The molecule has 1 aliphatic carbocycles. The van der Waals surface area contributed by atoms with E-state index >= 15 is 0 Å². The Morgan fingerprint density at radius 3 is 2.25 bits per heavy atom. The number of allylic oxidation sites excluding steroid dienone is 1. The van der Waals surface area contributed by atoms with E-state index in [0.717, 1.165) is 40.2 Å². The van der Waals surface area contributed by atoms with Crippen LogP contribution in [0.15, 0.2) is 156 Å². The van der Waals surface area contributed by atoms with Crippen molar-refractivity contribution in [1.82, 2.24) is 4.57 Å². The lowest BCUT2D eigenvalue weighted by Gasteiger charge is -2.28. The van der Waals surface area contributed by atoms with Crippen molar-refractivity contribution in [3.63, 3.8) is 0 Å². The molecular weight excluding hydrogens is 619 g/mol. The minimum Gasteiger partial charge on any atom is -0.335 e. The van der Waals surface area contributed by atoms with E-state index < -0.39 is 0 Å². The molecule has 6 aromatic carbocycles. The van der Waals surface area contributed by atoms with Crippen molar-refractivity contribution in [1.29, 1.82) is 0 Å². The van der Waals surface area contributed by atoms with Gasteiger partial charge in [0.05, 0.1) is 22.2 Å². The number of nitrogens with zero attached hydrogens (tertiary/aromatic N) is 3. The average molecular weight is 658 g/mol. The van der Waals surface area contributed by atoms with Crippen LogP contribution < -0.4 is 15.5 Å². The fourth-order valence-corrected chi connectivity index (χ4v) is 8.26. The maximum Gasteiger partial charge on any atom is 0.0859 e. The molecule has 0 N–H and O–H groups in total. The molecule has 0 saturated carbocycles. The van der Waals surface area contributed by atoms with Crippen molar-refractivity contribution >= 4 is 46.8 Å². The molecule has 0 amide bonds. The number of rotatable bonds is 4. The number of benzene rings is 6. The molecule has 3 nitrogen and oxygen atoms in total. The van der Waals surface area contributed by atoms with Crippen LogP contribution in [0, 0.1) is 0 Å². The zero-order valence-corrected chi connectivity index (χ0v) is 29.3. The average Bonchev–Trinajstić information content (AvgIpc) is 3.60. The maximum absolute atomic E-state index is 4.38. The molecule has 0 bridgehead atoms. The van der Waals surface area contributed by atoms with Crippen LogP contribution in [0.3, 0.4) is 0 Å². The van der Waals surface area contributed by atoms with Gasteiger partial charge in [-0.3, -0.25) is 4.99 Å². The van der Waals surface area contributed by atoms with Crippen LogP contribution in [0.2, 0.25) is 0 Å². The van der Waals surface area contributed by atoms with Crippen molar-refractivity contribution < 1.29 is 0 Å². The van der Waals surface area contributed by atoms with Crippen molar-refractivity contribution in [2.45, 2.75) is 26.2 Å². The van der Waals surface area contributed by atoms with Crippen LogP contribution in [0.1, 0.15) is 37.5 Å². The number of aromatic nitrogens is 1. The van der Waals surface area contributed by atoms with E-state index in [1.54, 1.807) is 0 Å². The minimum atomic E-state index is -0.0101. The molecule has 1 aromatic heterocycles. The Bertz CT molecular complexity index is 2690. The minimum absolute atomic E-state index is 0.0101. The van der Waals surface area contributed by atoms with E-state index in [9.17, 15) is 0 Å². The lowest BCUT2D eigenvalue weighted by molar-refractivity contribution is 0.660. The van der Waals surface area contributed by atoms with Gasteiger partial charge in [-0.2, -0.15) is 0 Å². The maximum atomic E-state index is 4.38. The molecule has 2 aliphatic rings. The SMILES string of the molecule is C=Nc1ccccc1N1C/C(C)=C/C=c2\c(c3ccccc3n2-c2cccc(-c3ccc4c(c3)-c3ccccc3C4(C)C)c2)=C\c2ccccc21.